The Bertz CT molecular complexity index is 343. The Morgan fingerprint density at radius 1 is 1.27 bits per heavy atom. The lowest BCUT2D eigenvalue weighted by Gasteiger charge is -2.15. The van der Waals surface area contributed by atoms with E-state index in [-0.39, 0.29) is 0 Å². The van der Waals surface area contributed by atoms with Crippen LogP contribution in [-0.2, 0) is 12.8 Å². The summed E-state index contributed by atoms with van der Waals surface area (Å²) in [4.78, 5) is 0. The fraction of sp³-hybridized carbons (Fsp3) is 0.385. The van der Waals surface area contributed by atoms with Gasteiger partial charge in [-0.15, -0.1) is 6.58 Å². The van der Waals surface area contributed by atoms with Gasteiger partial charge in [0.2, 0.25) is 0 Å². The summed E-state index contributed by atoms with van der Waals surface area (Å²) in [7, 11) is 3.32. The summed E-state index contributed by atoms with van der Waals surface area (Å²) in [5.41, 5.74) is 2.46. The zero-order chi connectivity index (χ0) is 11.3. The van der Waals surface area contributed by atoms with Crippen molar-refractivity contribution in [3.05, 3.63) is 35.9 Å². The maximum atomic E-state index is 5.39. The number of benzene rings is 1. The SMILES string of the molecule is C=CCc1c(CC)ccc(OC)c1OC. The molecule has 0 saturated heterocycles. The molecule has 0 aromatic heterocycles. The van der Waals surface area contributed by atoms with Gasteiger partial charge in [0, 0.05) is 5.56 Å². The normalized spacial score (nSPS) is 9.80. The second-order valence-electron chi connectivity index (χ2n) is 3.29. The lowest BCUT2D eigenvalue weighted by atomic mass is 10.0. The van der Waals surface area contributed by atoms with Crippen LogP contribution in [0.1, 0.15) is 18.1 Å². The number of ether oxygens (including phenoxy) is 2. The highest BCUT2D eigenvalue weighted by molar-refractivity contribution is 5.51. The average Bonchev–Trinajstić information content (AvgIpc) is 2.28. The van der Waals surface area contributed by atoms with Gasteiger partial charge in [-0.05, 0) is 24.5 Å². The molecule has 1 aromatic rings. The smallest absolute Gasteiger partial charge is 0.164 e. The van der Waals surface area contributed by atoms with Crippen molar-refractivity contribution in [3.8, 4) is 11.5 Å². The third-order valence-electron chi connectivity index (χ3n) is 2.47. The van der Waals surface area contributed by atoms with Gasteiger partial charge in [0.05, 0.1) is 14.2 Å². The van der Waals surface area contributed by atoms with Gasteiger partial charge in [0.15, 0.2) is 11.5 Å². The van der Waals surface area contributed by atoms with Gasteiger partial charge in [-0.25, -0.2) is 0 Å². The molecule has 0 heterocycles. The molecule has 2 nitrogen and oxygen atoms in total. The number of rotatable bonds is 5. The Balaban J connectivity index is 3.29. The minimum absolute atomic E-state index is 0.784. The molecule has 0 N–H and O–H groups in total. The van der Waals surface area contributed by atoms with Gasteiger partial charge in [-0.1, -0.05) is 19.1 Å². The molecule has 0 fully saturated rings. The van der Waals surface area contributed by atoms with E-state index in [4.69, 9.17) is 9.47 Å². The second kappa shape index (κ2) is 5.44. The molecule has 0 aliphatic rings. The summed E-state index contributed by atoms with van der Waals surface area (Å²) < 4.78 is 10.7. The molecule has 2 heteroatoms. The first-order valence-electron chi connectivity index (χ1n) is 5.12. The Labute approximate surface area is 91.5 Å². The minimum Gasteiger partial charge on any atom is -0.493 e. The van der Waals surface area contributed by atoms with Crippen LogP contribution in [0.4, 0.5) is 0 Å². The van der Waals surface area contributed by atoms with E-state index >= 15 is 0 Å². The van der Waals surface area contributed by atoms with Crippen molar-refractivity contribution in [1.29, 1.82) is 0 Å². The zero-order valence-electron chi connectivity index (χ0n) is 9.67. The number of hydrogen-bond acceptors (Lipinski definition) is 2. The number of hydrogen-bond donors (Lipinski definition) is 0. The molecular weight excluding hydrogens is 188 g/mol. The first kappa shape index (κ1) is 11.6. The van der Waals surface area contributed by atoms with Gasteiger partial charge in [0.25, 0.3) is 0 Å². The van der Waals surface area contributed by atoms with E-state index in [0.717, 1.165) is 24.3 Å². The van der Waals surface area contributed by atoms with Gasteiger partial charge in [-0.2, -0.15) is 0 Å². The summed E-state index contributed by atoms with van der Waals surface area (Å²) in [6, 6.07) is 4.03. The summed E-state index contributed by atoms with van der Waals surface area (Å²) in [6.07, 6.45) is 3.68. The number of methoxy groups -OCH3 is 2. The Morgan fingerprint density at radius 3 is 2.47 bits per heavy atom. The standard InChI is InChI=1S/C13H18O2/c1-5-7-11-10(6-2)8-9-12(14-3)13(11)15-4/h5,8-9H,1,6-7H2,2-4H3. The lowest BCUT2D eigenvalue weighted by Crippen LogP contribution is -1.99. The highest BCUT2D eigenvalue weighted by Crippen LogP contribution is 2.34. The van der Waals surface area contributed by atoms with Crippen molar-refractivity contribution < 1.29 is 9.47 Å². The van der Waals surface area contributed by atoms with Crippen molar-refractivity contribution in [1.82, 2.24) is 0 Å². The van der Waals surface area contributed by atoms with Crippen LogP contribution < -0.4 is 9.47 Å². The van der Waals surface area contributed by atoms with E-state index in [0.29, 0.717) is 0 Å². The van der Waals surface area contributed by atoms with Crippen molar-refractivity contribution in [3.63, 3.8) is 0 Å². The van der Waals surface area contributed by atoms with Crippen LogP contribution in [-0.4, -0.2) is 14.2 Å². The van der Waals surface area contributed by atoms with Crippen molar-refractivity contribution in [2.24, 2.45) is 0 Å². The molecule has 1 rings (SSSR count). The van der Waals surface area contributed by atoms with Crippen LogP contribution >= 0.6 is 0 Å². The third-order valence-corrected chi connectivity index (χ3v) is 2.47. The summed E-state index contributed by atoms with van der Waals surface area (Å²) in [6.45, 7) is 5.90. The fourth-order valence-corrected chi connectivity index (χ4v) is 1.73. The number of allylic oxidation sites excluding steroid dienone is 1. The summed E-state index contributed by atoms with van der Waals surface area (Å²) in [5.74, 6) is 1.61. The van der Waals surface area contributed by atoms with Gasteiger partial charge in [0.1, 0.15) is 0 Å². The van der Waals surface area contributed by atoms with Gasteiger partial charge >= 0.3 is 0 Å². The summed E-state index contributed by atoms with van der Waals surface area (Å²) >= 11 is 0. The minimum atomic E-state index is 0.784. The van der Waals surface area contributed by atoms with Crippen LogP contribution in [0.3, 0.4) is 0 Å². The van der Waals surface area contributed by atoms with E-state index in [1.165, 1.54) is 11.1 Å². The maximum Gasteiger partial charge on any atom is 0.164 e. The molecule has 0 amide bonds. The quantitative estimate of drug-likeness (QED) is 0.689. The zero-order valence-corrected chi connectivity index (χ0v) is 9.67. The predicted molar refractivity (Wildman–Crippen MR) is 62.8 cm³/mol. The molecule has 0 radical (unpaired) electrons. The van der Waals surface area contributed by atoms with Crippen LogP contribution in [0.2, 0.25) is 0 Å². The van der Waals surface area contributed by atoms with Crippen molar-refractivity contribution >= 4 is 0 Å². The van der Waals surface area contributed by atoms with Gasteiger partial charge in [-0.3, -0.25) is 0 Å². The van der Waals surface area contributed by atoms with E-state index in [9.17, 15) is 0 Å². The lowest BCUT2D eigenvalue weighted by molar-refractivity contribution is 0.352. The molecule has 15 heavy (non-hydrogen) atoms. The van der Waals surface area contributed by atoms with E-state index in [1.807, 2.05) is 12.1 Å². The largest absolute Gasteiger partial charge is 0.493 e. The van der Waals surface area contributed by atoms with Crippen LogP contribution in [0.25, 0.3) is 0 Å². The Kier molecular flexibility index (Phi) is 4.22. The second-order valence-corrected chi connectivity index (χ2v) is 3.29. The topological polar surface area (TPSA) is 18.5 Å². The first-order chi connectivity index (χ1) is 7.28. The van der Waals surface area contributed by atoms with Crippen LogP contribution in [0.15, 0.2) is 24.8 Å². The van der Waals surface area contributed by atoms with Crippen molar-refractivity contribution in [2.45, 2.75) is 19.8 Å². The van der Waals surface area contributed by atoms with E-state index in [1.54, 1.807) is 14.2 Å². The molecular formula is C13H18O2. The number of aryl methyl sites for hydroxylation is 1. The Morgan fingerprint density at radius 2 is 2.00 bits per heavy atom. The van der Waals surface area contributed by atoms with Crippen LogP contribution in [0, 0.1) is 0 Å². The molecule has 0 atom stereocenters. The van der Waals surface area contributed by atoms with Crippen LogP contribution in [0.5, 0.6) is 11.5 Å². The molecule has 0 unspecified atom stereocenters. The average molecular weight is 206 g/mol. The molecule has 0 bridgehead atoms. The molecule has 0 aliphatic carbocycles. The fourth-order valence-electron chi connectivity index (χ4n) is 1.73. The molecule has 82 valence electrons. The Hall–Kier alpha value is -1.44. The highest BCUT2D eigenvalue weighted by atomic mass is 16.5. The molecule has 0 aliphatic heterocycles. The predicted octanol–water partition coefficient (Wildman–Crippen LogP) is 2.99. The molecule has 0 saturated carbocycles. The monoisotopic (exact) mass is 206 g/mol. The molecule has 1 aromatic carbocycles. The van der Waals surface area contributed by atoms with E-state index < -0.39 is 0 Å². The third kappa shape index (κ3) is 2.32. The van der Waals surface area contributed by atoms with Crippen molar-refractivity contribution in [2.75, 3.05) is 14.2 Å². The van der Waals surface area contributed by atoms with E-state index in [2.05, 4.69) is 19.6 Å². The first-order valence-corrected chi connectivity index (χ1v) is 5.12. The summed E-state index contributed by atoms with van der Waals surface area (Å²) in [5, 5.41) is 0. The highest BCUT2D eigenvalue weighted by Gasteiger charge is 2.12. The molecule has 0 spiro atoms. The maximum absolute atomic E-state index is 5.39. The van der Waals surface area contributed by atoms with Gasteiger partial charge < -0.3 is 9.47 Å².